The van der Waals surface area contributed by atoms with Crippen LogP contribution in [0.3, 0.4) is 0 Å². The van der Waals surface area contributed by atoms with Crippen LogP contribution in [0.2, 0.25) is 0 Å². The predicted octanol–water partition coefficient (Wildman–Crippen LogP) is 1.73. The third-order valence-corrected chi connectivity index (χ3v) is 3.22. The maximum absolute atomic E-state index is 10.7. The Morgan fingerprint density at radius 3 is 2.38 bits per heavy atom. The number of halogens is 1. The second-order valence-electron chi connectivity index (χ2n) is 1.71. The third-order valence-electron chi connectivity index (χ3n) is 1.13. The van der Waals surface area contributed by atoms with E-state index < -0.39 is 10.8 Å². The topological polar surface area (TPSA) is 17.1 Å². The highest BCUT2D eigenvalue weighted by molar-refractivity contribution is 7.86. The predicted molar refractivity (Wildman–Crippen MR) is 38.6 cm³/mol. The van der Waals surface area contributed by atoms with Crippen molar-refractivity contribution in [3.8, 4) is 0 Å². The van der Waals surface area contributed by atoms with Gasteiger partial charge in [0.15, 0.2) is 0 Å². The summed E-state index contributed by atoms with van der Waals surface area (Å²) in [5, 5.41) is 0.530. The Morgan fingerprint density at radius 1 is 1.75 bits per heavy atom. The maximum atomic E-state index is 10.7. The van der Waals surface area contributed by atoms with Gasteiger partial charge >= 0.3 is 0 Å². The molecule has 8 heavy (non-hydrogen) atoms. The van der Waals surface area contributed by atoms with Crippen LogP contribution in [0.1, 0.15) is 20.3 Å². The van der Waals surface area contributed by atoms with Gasteiger partial charge < -0.3 is 0 Å². The van der Waals surface area contributed by atoms with Crippen molar-refractivity contribution in [2.45, 2.75) is 25.5 Å². The van der Waals surface area contributed by atoms with Gasteiger partial charge in [0.1, 0.15) is 0 Å². The fourth-order valence-electron chi connectivity index (χ4n) is 0.293. The molecule has 0 bridgehead atoms. The van der Waals surface area contributed by atoms with E-state index in [-0.39, 0.29) is 10.5 Å². The third kappa shape index (κ3) is 2.68. The molecule has 0 aliphatic rings. The van der Waals surface area contributed by atoms with E-state index in [1.165, 1.54) is 0 Å². The van der Waals surface area contributed by atoms with Crippen molar-refractivity contribution in [1.29, 1.82) is 0 Å². The average Bonchev–Trinajstić information content (AvgIpc) is 1.84. The molecule has 0 spiro atoms. The van der Waals surface area contributed by atoms with E-state index >= 15 is 0 Å². The highest BCUT2D eigenvalue weighted by Crippen LogP contribution is 2.01. The highest BCUT2D eigenvalue weighted by atomic mass is 35.5. The van der Waals surface area contributed by atoms with Crippen molar-refractivity contribution < 1.29 is 4.21 Å². The molecule has 0 aromatic carbocycles. The lowest BCUT2D eigenvalue weighted by molar-refractivity contribution is 0.673. The molecule has 0 aliphatic carbocycles. The van der Waals surface area contributed by atoms with Crippen molar-refractivity contribution in [2.24, 2.45) is 0 Å². The van der Waals surface area contributed by atoms with Crippen LogP contribution in [-0.4, -0.2) is 14.7 Å². The first-order valence-electron chi connectivity index (χ1n) is 2.65. The molecule has 3 heteroatoms. The Kier molecular flexibility index (Phi) is 4.57. The number of hydrogen-bond acceptors (Lipinski definition) is 1. The normalized spacial score (nSPS) is 17.9. The molecule has 0 heterocycles. The molecule has 0 saturated heterocycles. The van der Waals surface area contributed by atoms with E-state index in [9.17, 15) is 4.21 Å². The van der Waals surface area contributed by atoms with Gasteiger partial charge in [-0.2, -0.15) is 0 Å². The summed E-state index contributed by atoms with van der Waals surface area (Å²) in [4.78, 5) is 0. The molecule has 0 radical (unpaired) electrons. The first-order chi connectivity index (χ1) is 3.72. The van der Waals surface area contributed by atoms with Gasteiger partial charge in [0.2, 0.25) is 0 Å². The van der Waals surface area contributed by atoms with Crippen LogP contribution >= 0.6 is 11.6 Å². The SMILES string of the molecule is CCC(C)S(=O)CCl. The number of rotatable bonds is 3. The summed E-state index contributed by atoms with van der Waals surface area (Å²) >= 11 is 5.33. The molecule has 50 valence electrons. The largest absolute Gasteiger partial charge is 0.258 e. The standard InChI is InChI=1S/C5H11ClOS/c1-3-5(2)8(7)4-6/h5H,3-4H2,1-2H3. The van der Waals surface area contributed by atoms with Crippen molar-refractivity contribution in [1.82, 2.24) is 0 Å². The summed E-state index contributed by atoms with van der Waals surface area (Å²) in [6.07, 6.45) is 0.944. The zero-order chi connectivity index (χ0) is 6.57. The lowest BCUT2D eigenvalue weighted by Crippen LogP contribution is -2.09. The molecule has 0 amide bonds. The van der Waals surface area contributed by atoms with Crippen LogP contribution in [-0.2, 0) is 10.8 Å². The molecular formula is C5H11ClOS. The van der Waals surface area contributed by atoms with Crippen LogP contribution in [0, 0.1) is 0 Å². The second kappa shape index (κ2) is 4.33. The summed E-state index contributed by atoms with van der Waals surface area (Å²) in [5.74, 6) is 0. The highest BCUT2D eigenvalue weighted by Gasteiger charge is 2.04. The first-order valence-corrected chi connectivity index (χ1v) is 4.57. The van der Waals surface area contributed by atoms with Gasteiger partial charge in [-0.15, -0.1) is 11.6 Å². The van der Waals surface area contributed by atoms with Crippen LogP contribution in [0.25, 0.3) is 0 Å². The minimum atomic E-state index is -0.806. The molecule has 2 atom stereocenters. The van der Waals surface area contributed by atoms with Gasteiger partial charge in [-0.1, -0.05) is 13.8 Å². The van der Waals surface area contributed by atoms with Crippen molar-refractivity contribution in [3.05, 3.63) is 0 Å². The van der Waals surface area contributed by atoms with Gasteiger partial charge in [0.25, 0.3) is 0 Å². The smallest absolute Gasteiger partial charge is 0.0982 e. The Balaban J connectivity index is 3.46. The fraction of sp³-hybridized carbons (Fsp3) is 1.00. The fourth-order valence-corrected chi connectivity index (χ4v) is 1.53. The van der Waals surface area contributed by atoms with Gasteiger partial charge in [-0.25, -0.2) is 0 Å². The summed E-state index contributed by atoms with van der Waals surface area (Å²) in [5.41, 5.74) is 0. The Morgan fingerprint density at radius 2 is 2.25 bits per heavy atom. The zero-order valence-electron chi connectivity index (χ0n) is 5.19. The van der Waals surface area contributed by atoms with E-state index in [0.717, 1.165) is 6.42 Å². The maximum Gasteiger partial charge on any atom is 0.0982 e. The van der Waals surface area contributed by atoms with E-state index in [1.807, 2.05) is 13.8 Å². The van der Waals surface area contributed by atoms with Crippen LogP contribution in [0.5, 0.6) is 0 Å². The summed E-state index contributed by atoms with van der Waals surface area (Å²) in [6, 6.07) is 0. The van der Waals surface area contributed by atoms with E-state index in [1.54, 1.807) is 0 Å². The molecule has 0 aromatic rings. The van der Waals surface area contributed by atoms with Gasteiger partial charge in [0.05, 0.1) is 5.21 Å². The Labute approximate surface area is 57.9 Å². The molecule has 0 aromatic heterocycles. The first kappa shape index (κ1) is 8.44. The molecular weight excluding hydrogens is 144 g/mol. The molecule has 0 saturated carbocycles. The lowest BCUT2D eigenvalue weighted by atomic mass is 10.4. The zero-order valence-corrected chi connectivity index (χ0v) is 6.76. The molecule has 1 nitrogen and oxygen atoms in total. The van der Waals surface area contributed by atoms with Crippen molar-refractivity contribution in [2.75, 3.05) is 5.21 Å². The summed E-state index contributed by atoms with van der Waals surface area (Å²) < 4.78 is 10.7. The van der Waals surface area contributed by atoms with E-state index in [2.05, 4.69) is 0 Å². The van der Waals surface area contributed by atoms with Crippen molar-refractivity contribution in [3.63, 3.8) is 0 Å². The molecule has 2 unspecified atom stereocenters. The van der Waals surface area contributed by atoms with E-state index in [0.29, 0.717) is 0 Å². The lowest BCUT2D eigenvalue weighted by Gasteiger charge is -2.02. The minimum Gasteiger partial charge on any atom is -0.258 e. The van der Waals surface area contributed by atoms with E-state index in [4.69, 9.17) is 11.6 Å². The summed E-state index contributed by atoms with van der Waals surface area (Å²) in [6.45, 7) is 3.95. The second-order valence-corrected chi connectivity index (χ2v) is 4.15. The van der Waals surface area contributed by atoms with Crippen LogP contribution in [0.15, 0.2) is 0 Å². The Bertz CT molecular complexity index is 84.5. The molecule has 0 fully saturated rings. The quantitative estimate of drug-likeness (QED) is 0.566. The number of alkyl halides is 1. The number of hydrogen-bond donors (Lipinski definition) is 0. The molecule has 0 aliphatic heterocycles. The van der Waals surface area contributed by atoms with Gasteiger partial charge in [-0.3, -0.25) is 4.21 Å². The van der Waals surface area contributed by atoms with Crippen LogP contribution < -0.4 is 0 Å². The molecule has 0 rings (SSSR count). The summed E-state index contributed by atoms with van der Waals surface area (Å²) in [7, 11) is -0.806. The average molecular weight is 155 g/mol. The molecule has 0 N–H and O–H groups in total. The van der Waals surface area contributed by atoms with Crippen LogP contribution in [0.4, 0.5) is 0 Å². The van der Waals surface area contributed by atoms with Crippen molar-refractivity contribution >= 4 is 22.4 Å². The Hall–Kier alpha value is 0.440. The monoisotopic (exact) mass is 154 g/mol. The minimum absolute atomic E-state index is 0.257. The van der Waals surface area contributed by atoms with Gasteiger partial charge in [0, 0.05) is 16.0 Å². The van der Waals surface area contributed by atoms with Gasteiger partial charge in [-0.05, 0) is 6.42 Å².